The number of aromatic nitrogens is 4. The van der Waals surface area contributed by atoms with Gasteiger partial charge in [0.15, 0.2) is 4.34 Å². The molecule has 1 aromatic carbocycles. The summed E-state index contributed by atoms with van der Waals surface area (Å²) in [5.41, 5.74) is 1.68. The van der Waals surface area contributed by atoms with Gasteiger partial charge in [0.1, 0.15) is 5.69 Å². The molecule has 0 aliphatic rings. The molecule has 6 nitrogen and oxygen atoms in total. The Balaban J connectivity index is 1.43. The molecule has 0 aliphatic heterocycles. The molecular formula is C16H11N5OS3. The van der Waals surface area contributed by atoms with E-state index in [2.05, 4.69) is 31.5 Å². The van der Waals surface area contributed by atoms with E-state index in [1.165, 1.54) is 22.4 Å². The number of anilines is 1. The van der Waals surface area contributed by atoms with Crippen LogP contribution >= 0.6 is 34.4 Å². The Morgan fingerprint density at radius 2 is 2.00 bits per heavy atom. The molecule has 0 fully saturated rings. The van der Waals surface area contributed by atoms with Crippen molar-refractivity contribution in [3.8, 4) is 0 Å². The number of rotatable bonds is 5. The number of fused-ring (bicyclic) bond motifs is 1. The van der Waals surface area contributed by atoms with Crippen molar-refractivity contribution in [2.45, 2.75) is 10.1 Å². The van der Waals surface area contributed by atoms with Crippen LogP contribution in [0.15, 0.2) is 52.3 Å². The zero-order valence-electron chi connectivity index (χ0n) is 12.7. The summed E-state index contributed by atoms with van der Waals surface area (Å²) in [6, 6.07) is 11.5. The Kier molecular flexibility index (Phi) is 4.68. The second-order valence-electron chi connectivity index (χ2n) is 4.94. The van der Waals surface area contributed by atoms with E-state index in [1.54, 1.807) is 23.1 Å². The van der Waals surface area contributed by atoms with Crippen LogP contribution in [-0.4, -0.2) is 26.1 Å². The fourth-order valence-electron chi connectivity index (χ4n) is 2.07. The number of hydrogen-bond donors (Lipinski definition) is 1. The van der Waals surface area contributed by atoms with Crippen molar-refractivity contribution in [3.63, 3.8) is 0 Å². The third-order valence-electron chi connectivity index (χ3n) is 3.23. The van der Waals surface area contributed by atoms with Crippen LogP contribution in [0.5, 0.6) is 0 Å². The summed E-state index contributed by atoms with van der Waals surface area (Å²) in [4.78, 5) is 22.2. The van der Waals surface area contributed by atoms with Crippen molar-refractivity contribution < 1.29 is 4.79 Å². The summed E-state index contributed by atoms with van der Waals surface area (Å²) in [6.07, 6.45) is 1.46. The number of nitrogens with zero attached hydrogens (tertiary/aromatic N) is 4. The first kappa shape index (κ1) is 16.1. The molecule has 25 heavy (non-hydrogen) atoms. The van der Waals surface area contributed by atoms with E-state index in [0.29, 0.717) is 10.6 Å². The van der Waals surface area contributed by atoms with Crippen LogP contribution < -0.4 is 5.32 Å². The predicted molar refractivity (Wildman–Crippen MR) is 101 cm³/mol. The molecule has 3 aromatic heterocycles. The summed E-state index contributed by atoms with van der Waals surface area (Å²) < 4.78 is 0.813. The van der Waals surface area contributed by atoms with E-state index >= 15 is 0 Å². The fourth-order valence-corrected chi connectivity index (χ4v) is 4.59. The van der Waals surface area contributed by atoms with Crippen molar-refractivity contribution >= 4 is 56.5 Å². The molecule has 124 valence electrons. The van der Waals surface area contributed by atoms with Crippen LogP contribution in [0.25, 0.3) is 11.0 Å². The maximum Gasteiger partial charge on any atom is 0.277 e. The van der Waals surface area contributed by atoms with Crippen LogP contribution in [0.4, 0.5) is 5.13 Å². The largest absolute Gasteiger partial charge is 0.295 e. The summed E-state index contributed by atoms with van der Waals surface area (Å²) in [5.74, 6) is 0.500. The van der Waals surface area contributed by atoms with Crippen molar-refractivity contribution in [3.05, 3.63) is 58.5 Å². The molecule has 9 heteroatoms. The number of hydrogen-bond acceptors (Lipinski definition) is 8. The second-order valence-corrected chi connectivity index (χ2v) is 8.17. The van der Waals surface area contributed by atoms with Crippen molar-refractivity contribution in [2.24, 2.45) is 0 Å². The molecule has 1 amide bonds. The number of amides is 1. The highest BCUT2D eigenvalue weighted by Crippen LogP contribution is 2.29. The topological polar surface area (TPSA) is 80.7 Å². The van der Waals surface area contributed by atoms with Gasteiger partial charge in [-0.2, -0.15) is 0 Å². The van der Waals surface area contributed by atoms with Crippen LogP contribution in [0.1, 0.15) is 15.4 Å². The van der Waals surface area contributed by atoms with E-state index < -0.39 is 0 Å². The first-order valence-corrected chi connectivity index (χ1v) is 9.98. The lowest BCUT2D eigenvalue weighted by Crippen LogP contribution is -2.14. The standard InChI is InChI=1S/C16H11N5OS3/c22-14(13-8-17-11-5-1-2-6-12(11)18-13)19-15-20-21-16(25-15)24-9-10-4-3-7-23-10/h1-8H,9H2,(H,19,20,22). The minimum absolute atomic E-state index is 0.252. The Morgan fingerprint density at radius 1 is 1.12 bits per heavy atom. The molecule has 0 bridgehead atoms. The molecular weight excluding hydrogens is 374 g/mol. The first-order chi connectivity index (χ1) is 12.3. The van der Waals surface area contributed by atoms with Gasteiger partial charge in [-0.25, -0.2) is 4.98 Å². The number of thiophene rings is 1. The third-order valence-corrected chi connectivity index (χ3v) is 6.31. The van der Waals surface area contributed by atoms with Gasteiger partial charge >= 0.3 is 0 Å². The molecule has 1 N–H and O–H groups in total. The maximum atomic E-state index is 12.3. The predicted octanol–water partition coefficient (Wildman–Crippen LogP) is 4.09. The molecule has 0 atom stereocenters. The van der Waals surface area contributed by atoms with E-state index in [-0.39, 0.29) is 11.6 Å². The van der Waals surface area contributed by atoms with E-state index in [9.17, 15) is 4.79 Å². The SMILES string of the molecule is O=C(Nc1nnc(SCc2cccs2)s1)c1cnc2ccccc2n1. The van der Waals surface area contributed by atoms with Gasteiger partial charge in [0.05, 0.1) is 17.2 Å². The third kappa shape index (κ3) is 3.84. The van der Waals surface area contributed by atoms with Gasteiger partial charge in [-0.3, -0.25) is 15.1 Å². The quantitative estimate of drug-likeness (QED) is 0.412. The van der Waals surface area contributed by atoms with E-state index in [4.69, 9.17) is 0 Å². The lowest BCUT2D eigenvalue weighted by atomic mass is 10.3. The highest BCUT2D eigenvalue weighted by molar-refractivity contribution is 8.00. The van der Waals surface area contributed by atoms with Gasteiger partial charge in [0.25, 0.3) is 5.91 Å². The van der Waals surface area contributed by atoms with Crippen molar-refractivity contribution in [1.29, 1.82) is 0 Å². The molecule has 0 spiro atoms. The Bertz CT molecular complexity index is 1020. The number of carbonyl (C=O) groups excluding carboxylic acids is 1. The van der Waals surface area contributed by atoms with E-state index in [0.717, 1.165) is 15.6 Å². The van der Waals surface area contributed by atoms with Crippen molar-refractivity contribution in [1.82, 2.24) is 20.2 Å². The lowest BCUT2D eigenvalue weighted by molar-refractivity contribution is 0.102. The van der Waals surface area contributed by atoms with Gasteiger partial charge in [-0.15, -0.1) is 21.5 Å². The maximum absolute atomic E-state index is 12.3. The molecule has 4 aromatic rings. The number of benzene rings is 1. The lowest BCUT2D eigenvalue weighted by Gasteiger charge is -2.01. The van der Waals surface area contributed by atoms with Crippen LogP contribution in [0.3, 0.4) is 0 Å². The highest BCUT2D eigenvalue weighted by Gasteiger charge is 2.13. The van der Waals surface area contributed by atoms with Crippen LogP contribution in [-0.2, 0) is 5.75 Å². The van der Waals surface area contributed by atoms with Gasteiger partial charge in [-0.1, -0.05) is 41.3 Å². The summed E-state index contributed by atoms with van der Waals surface area (Å²) >= 11 is 4.65. The van der Waals surface area contributed by atoms with Crippen molar-refractivity contribution in [2.75, 3.05) is 5.32 Å². The average Bonchev–Trinajstić information content (AvgIpc) is 3.31. The number of nitrogens with one attached hydrogen (secondary N) is 1. The Labute approximate surface area is 155 Å². The Morgan fingerprint density at radius 3 is 2.84 bits per heavy atom. The molecule has 0 aliphatic carbocycles. The fraction of sp³-hybridized carbons (Fsp3) is 0.0625. The van der Waals surface area contributed by atoms with Gasteiger partial charge in [-0.05, 0) is 23.6 Å². The van der Waals surface area contributed by atoms with E-state index in [1.807, 2.05) is 35.7 Å². The summed E-state index contributed by atoms with van der Waals surface area (Å²) in [7, 11) is 0. The summed E-state index contributed by atoms with van der Waals surface area (Å²) in [6.45, 7) is 0. The molecule has 0 saturated carbocycles. The second kappa shape index (κ2) is 7.26. The zero-order chi connectivity index (χ0) is 17.1. The molecule has 0 unspecified atom stereocenters. The normalized spacial score (nSPS) is 10.9. The summed E-state index contributed by atoms with van der Waals surface area (Å²) in [5, 5.41) is 13.3. The number of thioether (sulfide) groups is 1. The molecule has 0 radical (unpaired) electrons. The molecule has 0 saturated heterocycles. The monoisotopic (exact) mass is 385 g/mol. The first-order valence-electron chi connectivity index (χ1n) is 7.30. The highest BCUT2D eigenvalue weighted by atomic mass is 32.2. The average molecular weight is 385 g/mol. The van der Waals surface area contributed by atoms with Crippen LogP contribution in [0.2, 0.25) is 0 Å². The van der Waals surface area contributed by atoms with Gasteiger partial charge in [0, 0.05) is 10.6 Å². The van der Waals surface area contributed by atoms with Gasteiger partial charge in [0.2, 0.25) is 5.13 Å². The molecule has 3 heterocycles. The molecule has 4 rings (SSSR count). The smallest absolute Gasteiger partial charge is 0.277 e. The number of carbonyl (C=O) groups is 1. The zero-order valence-corrected chi connectivity index (χ0v) is 15.2. The Hall–Kier alpha value is -2.36. The van der Waals surface area contributed by atoms with Gasteiger partial charge < -0.3 is 0 Å². The van der Waals surface area contributed by atoms with Crippen LogP contribution in [0, 0.1) is 0 Å². The minimum Gasteiger partial charge on any atom is -0.295 e. The minimum atomic E-state index is -0.343. The number of para-hydroxylation sites is 2.